The maximum atomic E-state index is 13.7. The number of hydrogen-bond donors (Lipinski definition) is 2. The fraction of sp³-hybridized carbons (Fsp3) is 0.200. The molecule has 2 aromatic heterocycles. The molecule has 7 nitrogen and oxygen atoms in total. The zero-order chi connectivity index (χ0) is 26.9. The number of rotatable bonds is 5. The number of halogens is 1. The third-order valence-electron chi connectivity index (χ3n) is 7.16. The molecule has 3 amide bonds. The summed E-state index contributed by atoms with van der Waals surface area (Å²) in [6.45, 7) is 0.497. The first-order valence-corrected chi connectivity index (χ1v) is 14.5. The molecule has 0 atom stereocenters. The van der Waals surface area contributed by atoms with Crippen molar-refractivity contribution in [1.29, 1.82) is 0 Å². The number of benzene rings is 2. The van der Waals surface area contributed by atoms with Crippen molar-refractivity contribution < 1.29 is 14.4 Å². The van der Waals surface area contributed by atoms with Crippen molar-refractivity contribution in [2.45, 2.75) is 31.7 Å². The Labute approximate surface area is 238 Å². The predicted molar refractivity (Wildman–Crippen MR) is 157 cm³/mol. The molecular weight excluding hydrogens is 576 g/mol. The second kappa shape index (κ2) is 10.7. The van der Waals surface area contributed by atoms with Crippen LogP contribution >= 0.6 is 27.3 Å². The number of nitrogens with zero attached hydrogens (tertiary/aromatic N) is 2. The summed E-state index contributed by atoms with van der Waals surface area (Å²) in [7, 11) is 0. The van der Waals surface area contributed by atoms with E-state index in [-0.39, 0.29) is 23.8 Å². The number of carbonyl (C=O) groups excluding carboxylic acids is 3. The molecule has 2 aromatic carbocycles. The average Bonchev–Trinajstić information content (AvgIpc) is 3.29. The minimum Gasteiger partial charge on any atom is -0.349 e. The Morgan fingerprint density at radius 1 is 0.974 bits per heavy atom. The summed E-state index contributed by atoms with van der Waals surface area (Å²) < 4.78 is 0.466. The van der Waals surface area contributed by atoms with Crippen LogP contribution in [0.4, 0.5) is 11.4 Å². The standard InChI is InChI=1S/C30H25BrN4O3S/c31-27-23(8-4-15-32-27)28(36)33-21-12-10-18(11-13-21)30(38)35-16-14-19-17-25(29(37)34-20-5-3-6-20)39-26(19)22-7-1-2-9-24(22)35/h1-2,4,7-13,15,17,20H,3,5-6,14,16H2,(H,33,36)(H,34,37). The number of fused-ring (bicyclic) bond motifs is 3. The van der Waals surface area contributed by atoms with E-state index in [0.29, 0.717) is 34.4 Å². The Hall–Kier alpha value is -3.82. The van der Waals surface area contributed by atoms with Crippen LogP contribution in [0.15, 0.2) is 77.5 Å². The van der Waals surface area contributed by atoms with Gasteiger partial charge >= 0.3 is 0 Å². The van der Waals surface area contributed by atoms with Crippen molar-refractivity contribution in [2.75, 3.05) is 16.8 Å². The van der Waals surface area contributed by atoms with Crippen LogP contribution < -0.4 is 15.5 Å². The van der Waals surface area contributed by atoms with Crippen LogP contribution in [0.25, 0.3) is 10.4 Å². The average molecular weight is 602 g/mol. The molecule has 1 saturated carbocycles. The first-order chi connectivity index (χ1) is 19.0. The number of pyridine rings is 1. The summed E-state index contributed by atoms with van der Waals surface area (Å²) in [6, 6.07) is 20.4. The topological polar surface area (TPSA) is 91.4 Å². The minimum absolute atomic E-state index is 0.00810. The fourth-order valence-electron chi connectivity index (χ4n) is 4.83. The lowest BCUT2D eigenvalue weighted by molar-refractivity contribution is 0.0919. The third-order valence-corrected chi connectivity index (χ3v) is 9.00. The van der Waals surface area contributed by atoms with Gasteiger partial charge in [0.05, 0.1) is 16.1 Å². The molecule has 0 spiro atoms. The van der Waals surface area contributed by atoms with Crippen molar-refractivity contribution in [1.82, 2.24) is 10.3 Å². The number of hydrogen-bond acceptors (Lipinski definition) is 5. The lowest BCUT2D eigenvalue weighted by Crippen LogP contribution is -2.39. The lowest BCUT2D eigenvalue weighted by atomic mass is 9.93. The van der Waals surface area contributed by atoms with E-state index in [1.165, 1.54) is 17.8 Å². The van der Waals surface area contributed by atoms with E-state index in [2.05, 4.69) is 31.5 Å². The van der Waals surface area contributed by atoms with Gasteiger partial charge in [-0.3, -0.25) is 14.4 Å². The van der Waals surface area contributed by atoms with E-state index in [1.54, 1.807) is 47.5 Å². The monoisotopic (exact) mass is 600 g/mol. The third kappa shape index (κ3) is 5.12. The van der Waals surface area contributed by atoms with Gasteiger partial charge in [0.1, 0.15) is 4.60 Å². The van der Waals surface area contributed by atoms with Crippen molar-refractivity contribution in [3.05, 3.63) is 99.1 Å². The number of thiophene rings is 1. The molecule has 0 unspecified atom stereocenters. The van der Waals surface area contributed by atoms with E-state index in [9.17, 15) is 14.4 Å². The van der Waals surface area contributed by atoms with Crippen molar-refractivity contribution in [3.8, 4) is 10.4 Å². The van der Waals surface area contributed by atoms with Crippen molar-refractivity contribution >= 4 is 56.4 Å². The van der Waals surface area contributed by atoms with Gasteiger partial charge < -0.3 is 15.5 Å². The molecule has 39 heavy (non-hydrogen) atoms. The molecule has 1 aliphatic heterocycles. The summed E-state index contributed by atoms with van der Waals surface area (Å²) in [5.74, 6) is -0.415. The summed E-state index contributed by atoms with van der Waals surface area (Å²) in [4.78, 5) is 46.8. The first kappa shape index (κ1) is 25.5. The number of para-hydroxylation sites is 1. The van der Waals surface area contributed by atoms with Crippen LogP contribution in [0.1, 0.15) is 55.2 Å². The summed E-state index contributed by atoms with van der Waals surface area (Å²) in [5.41, 5.74) is 4.40. The number of carbonyl (C=O) groups is 3. The lowest BCUT2D eigenvalue weighted by Gasteiger charge is -2.26. The molecule has 1 fully saturated rings. The SMILES string of the molecule is O=C(NC1CCC1)c1cc2c(s1)-c1ccccc1N(C(=O)c1ccc(NC(=O)c3cccnc3Br)cc1)CC2. The second-order valence-electron chi connectivity index (χ2n) is 9.66. The van der Waals surface area contributed by atoms with Crippen molar-refractivity contribution in [2.24, 2.45) is 0 Å². The molecule has 2 N–H and O–H groups in total. The van der Waals surface area contributed by atoms with Crippen LogP contribution in [0.2, 0.25) is 0 Å². The molecule has 196 valence electrons. The number of aromatic nitrogens is 1. The van der Waals surface area contributed by atoms with E-state index in [1.807, 2.05) is 30.3 Å². The van der Waals surface area contributed by atoms with E-state index < -0.39 is 0 Å². The van der Waals surface area contributed by atoms with Crippen LogP contribution in [0.5, 0.6) is 0 Å². The second-order valence-corrected chi connectivity index (χ2v) is 11.5. The van der Waals surface area contributed by atoms with Crippen LogP contribution in [0, 0.1) is 0 Å². The minimum atomic E-state index is -0.289. The van der Waals surface area contributed by atoms with Gasteiger partial charge in [0.15, 0.2) is 0 Å². The van der Waals surface area contributed by atoms with Gasteiger partial charge in [0.25, 0.3) is 17.7 Å². The Morgan fingerprint density at radius 2 is 1.77 bits per heavy atom. The quantitative estimate of drug-likeness (QED) is 0.263. The van der Waals surface area contributed by atoms with Gasteiger partial charge in [-0.2, -0.15) is 0 Å². The highest BCUT2D eigenvalue weighted by atomic mass is 79.9. The zero-order valence-electron chi connectivity index (χ0n) is 20.9. The number of nitrogens with one attached hydrogen (secondary N) is 2. The normalized spacial score (nSPS) is 14.4. The van der Waals surface area contributed by atoms with Crippen LogP contribution in [-0.4, -0.2) is 35.3 Å². The zero-order valence-corrected chi connectivity index (χ0v) is 23.3. The van der Waals surface area contributed by atoms with Gasteiger partial charge in [0, 0.05) is 40.5 Å². The highest BCUT2D eigenvalue weighted by Crippen LogP contribution is 2.42. The highest BCUT2D eigenvalue weighted by Gasteiger charge is 2.28. The van der Waals surface area contributed by atoms with Gasteiger partial charge in [-0.15, -0.1) is 11.3 Å². The van der Waals surface area contributed by atoms with Gasteiger partial charge in [-0.25, -0.2) is 4.98 Å². The maximum absolute atomic E-state index is 13.7. The van der Waals surface area contributed by atoms with Gasteiger partial charge in [0.2, 0.25) is 0 Å². The summed E-state index contributed by atoms with van der Waals surface area (Å²) >= 11 is 4.79. The number of amides is 3. The van der Waals surface area contributed by atoms with Crippen molar-refractivity contribution in [3.63, 3.8) is 0 Å². The van der Waals surface area contributed by atoms with E-state index >= 15 is 0 Å². The molecule has 0 bridgehead atoms. The van der Waals surface area contributed by atoms with E-state index in [0.717, 1.165) is 39.4 Å². The van der Waals surface area contributed by atoms with Crippen LogP contribution in [-0.2, 0) is 6.42 Å². The van der Waals surface area contributed by atoms with Gasteiger partial charge in [-0.05, 0) is 95.7 Å². The molecule has 3 heterocycles. The Bertz CT molecular complexity index is 1580. The maximum Gasteiger partial charge on any atom is 0.261 e. The molecular formula is C30H25BrN4O3S. The highest BCUT2D eigenvalue weighted by molar-refractivity contribution is 9.10. The molecule has 4 aromatic rings. The Balaban J connectivity index is 1.22. The molecule has 6 rings (SSSR count). The first-order valence-electron chi connectivity index (χ1n) is 12.8. The Kier molecular flexibility index (Phi) is 7.01. The van der Waals surface area contributed by atoms with E-state index in [4.69, 9.17) is 0 Å². The summed E-state index contributed by atoms with van der Waals surface area (Å²) in [6.07, 6.45) is 5.52. The fourth-order valence-corrected chi connectivity index (χ4v) is 6.41. The largest absolute Gasteiger partial charge is 0.349 e. The molecule has 2 aliphatic rings. The summed E-state index contributed by atoms with van der Waals surface area (Å²) in [5, 5.41) is 5.98. The van der Waals surface area contributed by atoms with Gasteiger partial charge in [-0.1, -0.05) is 18.2 Å². The molecule has 0 saturated heterocycles. The molecule has 0 radical (unpaired) electrons. The molecule has 1 aliphatic carbocycles. The number of anilines is 2. The predicted octanol–water partition coefficient (Wildman–Crippen LogP) is 6.31. The smallest absolute Gasteiger partial charge is 0.261 e. The van der Waals surface area contributed by atoms with Crippen LogP contribution in [0.3, 0.4) is 0 Å². The molecule has 9 heteroatoms. The Morgan fingerprint density at radius 3 is 2.51 bits per heavy atom.